The number of rotatable bonds is 5. The first-order valence-electron chi connectivity index (χ1n) is 9.88. The van der Waals surface area contributed by atoms with Gasteiger partial charge in [-0.15, -0.1) is 0 Å². The molecule has 13 heteroatoms. The highest BCUT2D eigenvalue weighted by Crippen LogP contribution is 2.41. The number of alkyl halides is 3. The third-order valence-electron chi connectivity index (χ3n) is 5.43. The molecule has 1 atom stereocenters. The zero-order valence-corrected chi connectivity index (χ0v) is 17.4. The second-order valence-corrected chi connectivity index (χ2v) is 7.53. The molecular formula is C20H19F3N6O4. The standard InChI is InChI=1S/C20H19F3N6O4/c1-27-5-4-25-18(27)19(31,20(21,22)23)11-15(30)28-6-8-29(9-7-28)17-13(12-24)26-16(33-17)14-3-2-10-32-14/h2-5,10,31H,6-9,11H2,1H3. The lowest BCUT2D eigenvalue weighted by Gasteiger charge is -2.36. The molecule has 174 valence electrons. The molecule has 3 aromatic rings. The van der Waals surface area contributed by atoms with Gasteiger partial charge in [-0.25, -0.2) is 4.98 Å². The van der Waals surface area contributed by atoms with Gasteiger partial charge in [-0.3, -0.25) is 4.79 Å². The molecule has 1 saturated heterocycles. The summed E-state index contributed by atoms with van der Waals surface area (Å²) in [5.41, 5.74) is -3.39. The Morgan fingerprint density at radius 3 is 2.58 bits per heavy atom. The Labute approximate surface area is 185 Å². The monoisotopic (exact) mass is 464 g/mol. The average Bonchev–Trinajstić information content (AvgIpc) is 3.53. The van der Waals surface area contributed by atoms with Crippen molar-refractivity contribution in [2.45, 2.75) is 18.2 Å². The molecule has 0 spiro atoms. The number of hydrogen-bond donors (Lipinski definition) is 1. The van der Waals surface area contributed by atoms with Crippen molar-refractivity contribution >= 4 is 11.8 Å². The van der Waals surface area contributed by atoms with Gasteiger partial charge in [0.2, 0.25) is 23.1 Å². The number of imidazole rings is 1. The third kappa shape index (κ3) is 4.05. The molecule has 1 fully saturated rings. The van der Waals surface area contributed by atoms with Crippen molar-refractivity contribution < 1.29 is 31.9 Å². The number of nitriles is 1. The van der Waals surface area contributed by atoms with Crippen molar-refractivity contribution in [1.29, 1.82) is 5.26 Å². The molecule has 1 aliphatic rings. The first-order valence-corrected chi connectivity index (χ1v) is 9.88. The largest absolute Gasteiger partial charge is 0.459 e. The van der Waals surface area contributed by atoms with E-state index < -0.39 is 29.9 Å². The summed E-state index contributed by atoms with van der Waals surface area (Å²) in [5, 5.41) is 19.8. The van der Waals surface area contributed by atoms with Crippen LogP contribution < -0.4 is 4.90 Å². The first-order chi connectivity index (χ1) is 15.6. The summed E-state index contributed by atoms with van der Waals surface area (Å²) in [6.07, 6.45) is -2.49. The molecule has 0 bridgehead atoms. The Hall–Kier alpha value is -3.79. The summed E-state index contributed by atoms with van der Waals surface area (Å²) >= 11 is 0. The molecule has 1 amide bonds. The Bertz CT molecular complexity index is 1170. The van der Waals surface area contributed by atoms with Crippen molar-refractivity contribution in [3.63, 3.8) is 0 Å². The van der Waals surface area contributed by atoms with Gasteiger partial charge in [0.25, 0.3) is 5.89 Å². The molecule has 3 aromatic heterocycles. The van der Waals surface area contributed by atoms with Gasteiger partial charge in [0.05, 0.1) is 12.7 Å². The van der Waals surface area contributed by atoms with Crippen molar-refractivity contribution in [3.05, 3.63) is 42.3 Å². The van der Waals surface area contributed by atoms with Crippen LogP contribution in [0.1, 0.15) is 17.9 Å². The SMILES string of the molecule is Cn1ccnc1C(O)(CC(=O)N1CCN(c2oc(-c3ccco3)nc2C#N)CC1)C(F)(F)F. The van der Waals surface area contributed by atoms with Crippen molar-refractivity contribution in [1.82, 2.24) is 19.4 Å². The number of nitrogens with zero attached hydrogens (tertiary/aromatic N) is 6. The van der Waals surface area contributed by atoms with E-state index in [4.69, 9.17) is 8.83 Å². The lowest BCUT2D eigenvalue weighted by atomic mass is 9.96. The predicted molar refractivity (Wildman–Crippen MR) is 105 cm³/mol. The minimum Gasteiger partial charge on any atom is -0.459 e. The normalized spacial score (nSPS) is 16.5. The molecular weight excluding hydrogens is 445 g/mol. The van der Waals surface area contributed by atoms with Crippen LogP contribution in [-0.4, -0.2) is 62.8 Å². The summed E-state index contributed by atoms with van der Waals surface area (Å²) < 4.78 is 53.1. The molecule has 0 aromatic carbocycles. The van der Waals surface area contributed by atoms with Crippen LogP contribution in [0.4, 0.5) is 19.1 Å². The Morgan fingerprint density at radius 1 is 1.30 bits per heavy atom. The lowest BCUT2D eigenvalue weighted by molar-refractivity contribution is -0.272. The summed E-state index contributed by atoms with van der Waals surface area (Å²) in [6.45, 7) is 0.518. The van der Waals surface area contributed by atoms with E-state index in [0.29, 0.717) is 5.76 Å². The van der Waals surface area contributed by atoms with Crippen LogP contribution in [0, 0.1) is 11.3 Å². The summed E-state index contributed by atoms with van der Waals surface area (Å²) in [7, 11) is 1.31. The van der Waals surface area contributed by atoms with E-state index >= 15 is 0 Å². The number of aromatic nitrogens is 3. The number of halogens is 3. The predicted octanol–water partition coefficient (Wildman–Crippen LogP) is 2.03. The van der Waals surface area contributed by atoms with Crippen LogP contribution in [0.15, 0.2) is 39.6 Å². The maximum absolute atomic E-state index is 13.7. The number of aliphatic hydroxyl groups is 1. The zero-order chi connectivity index (χ0) is 23.8. The number of hydrogen-bond acceptors (Lipinski definition) is 8. The number of anilines is 1. The topological polar surface area (TPSA) is 125 Å². The average molecular weight is 464 g/mol. The van der Waals surface area contributed by atoms with Crippen LogP contribution in [0.25, 0.3) is 11.7 Å². The lowest BCUT2D eigenvalue weighted by Crippen LogP contribution is -2.53. The van der Waals surface area contributed by atoms with E-state index in [1.165, 1.54) is 24.4 Å². The summed E-state index contributed by atoms with van der Waals surface area (Å²) in [5.74, 6) is -0.877. The molecule has 33 heavy (non-hydrogen) atoms. The van der Waals surface area contributed by atoms with Gasteiger partial charge in [-0.1, -0.05) is 0 Å². The van der Waals surface area contributed by atoms with Gasteiger partial charge < -0.3 is 28.3 Å². The van der Waals surface area contributed by atoms with E-state index in [9.17, 15) is 28.3 Å². The minimum absolute atomic E-state index is 0.0300. The Morgan fingerprint density at radius 2 is 2.03 bits per heavy atom. The van der Waals surface area contributed by atoms with E-state index in [2.05, 4.69) is 9.97 Å². The number of piperazine rings is 1. The van der Waals surface area contributed by atoms with Crippen molar-refractivity contribution in [3.8, 4) is 17.7 Å². The smallest absolute Gasteiger partial charge is 0.425 e. The maximum Gasteiger partial charge on any atom is 0.425 e. The molecule has 10 nitrogen and oxygen atoms in total. The second kappa shape index (κ2) is 8.28. The fraction of sp³-hybridized carbons (Fsp3) is 0.400. The number of carbonyl (C=O) groups excluding carboxylic acids is 1. The number of carbonyl (C=O) groups is 1. The van der Waals surface area contributed by atoms with Gasteiger partial charge in [0.15, 0.2) is 11.6 Å². The molecule has 1 unspecified atom stereocenters. The number of furan rings is 1. The molecule has 1 N–H and O–H groups in total. The van der Waals surface area contributed by atoms with Crippen molar-refractivity contribution in [2.75, 3.05) is 31.1 Å². The second-order valence-electron chi connectivity index (χ2n) is 7.53. The van der Waals surface area contributed by atoms with E-state index in [1.54, 1.807) is 17.0 Å². The van der Waals surface area contributed by atoms with Gasteiger partial charge in [0.1, 0.15) is 6.07 Å². The van der Waals surface area contributed by atoms with E-state index in [1.807, 2.05) is 6.07 Å². The minimum atomic E-state index is -5.10. The number of oxazole rings is 1. The van der Waals surface area contributed by atoms with Crippen molar-refractivity contribution in [2.24, 2.45) is 7.05 Å². The van der Waals surface area contributed by atoms with Gasteiger partial charge in [-0.2, -0.15) is 23.4 Å². The van der Waals surface area contributed by atoms with E-state index in [-0.39, 0.29) is 43.6 Å². The fourth-order valence-corrected chi connectivity index (χ4v) is 3.66. The number of aryl methyl sites for hydroxylation is 1. The number of amides is 1. The van der Waals surface area contributed by atoms with E-state index in [0.717, 1.165) is 10.8 Å². The molecule has 0 saturated carbocycles. The van der Waals surface area contributed by atoms with Crippen LogP contribution in [0.2, 0.25) is 0 Å². The Kier molecular flexibility index (Phi) is 5.62. The molecule has 4 heterocycles. The van der Waals surface area contributed by atoms with Gasteiger partial charge in [0, 0.05) is 45.6 Å². The maximum atomic E-state index is 13.7. The molecule has 1 aliphatic heterocycles. The highest BCUT2D eigenvalue weighted by Gasteiger charge is 2.59. The highest BCUT2D eigenvalue weighted by atomic mass is 19.4. The third-order valence-corrected chi connectivity index (χ3v) is 5.43. The summed E-state index contributed by atoms with van der Waals surface area (Å²) in [6, 6.07) is 5.21. The molecule has 0 radical (unpaired) electrons. The fourth-order valence-electron chi connectivity index (χ4n) is 3.66. The molecule has 4 rings (SSSR count). The molecule has 0 aliphatic carbocycles. The Balaban J connectivity index is 1.46. The van der Waals surface area contributed by atoms with Gasteiger partial charge in [-0.05, 0) is 12.1 Å². The quantitative estimate of drug-likeness (QED) is 0.608. The van der Waals surface area contributed by atoms with Crippen LogP contribution >= 0.6 is 0 Å². The first kappa shape index (κ1) is 22.4. The summed E-state index contributed by atoms with van der Waals surface area (Å²) in [4.78, 5) is 23.3. The van der Waals surface area contributed by atoms with Crippen LogP contribution in [-0.2, 0) is 17.4 Å². The van der Waals surface area contributed by atoms with Crippen LogP contribution in [0.5, 0.6) is 0 Å². The zero-order valence-electron chi connectivity index (χ0n) is 17.4. The highest BCUT2D eigenvalue weighted by molar-refractivity contribution is 5.78. The van der Waals surface area contributed by atoms with Crippen LogP contribution in [0.3, 0.4) is 0 Å². The van der Waals surface area contributed by atoms with Gasteiger partial charge >= 0.3 is 6.18 Å².